The molecule has 23 heavy (non-hydrogen) atoms. The largest absolute Gasteiger partial charge is 0.481 e. The second kappa shape index (κ2) is 6.00. The van der Waals surface area contributed by atoms with Gasteiger partial charge in [0.2, 0.25) is 0 Å². The minimum Gasteiger partial charge on any atom is -0.481 e. The molecule has 1 aromatic heterocycles. The van der Waals surface area contributed by atoms with E-state index in [1.54, 1.807) is 6.92 Å². The SMILES string of the molecule is CC1(C(=O)O)CCN(C(=O)Nc2cc(-c3ccccc3)ns2)C1. The zero-order valence-corrected chi connectivity index (χ0v) is 13.5. The molecule has 120 valence electrons. The quantitative estimate of drug-likeness (QED) is 0.905. The molecule has 2 N–H and O–H groups in total. The normalized spacial score (nSPS) is 20.5. The Morgan fingerprint density at radius 3 is 2.74 bits per heavy atom. The van der Waals surface area contributed by atoms with Gasteiger partial charge in [-0.1, -0.05) is 30.3 Å². The van der Waals surface area contributed by atoms with Gasteiger partial charge in [0.1, 0.15) is 5.00 Å². The number of carbonyl (C=O) groups excluding carboxylic acids is 1. The van der Waals surface area contributed by atoms with Crippen molar-refractivity contribution < 1.29 is 14.7 Å². The zero-order valence-electron chi connectivity index (χ0n) is 12.7. The molecule has 1 aliphatic rings. The average molecular weight is 331 g/mol. The highest BCUT2D eigenvalue weighted by molar-refractivity contribution is 7.10. The molecule has 6 nitrogen and oxygen atoms in total. The Balaban J connectivity index is 1.66. The molecule has 7 heteroatoms. The summed E-state index contributed by atoms with van der Waals surface area (Å²) < 4.78 is 4.34. The van der Waals surface area contributed by atoms with Crippen molar-refractivity contribution in [2.45, 2.75) is 13.3 Å². The monoisotopic (exact) mass is 331 g/mol. The van der Waals surface area contributed by atoms with Crippen LogP contribution in [0.4, 0.5) is 9.80 Å². The first-order chi connectivity index (χ1) is 11.0. The average Bonchev–Trinajstić information content (AvgIpc) is 3.16. The van der Waals surface area contributed by atoms with Gasteiger partial charge in [0.25, 0.3) is 0 Å². The molecule has 0 radical (unpaired) electrons. The van der Waals surface area contributed by atoms with E-state index < -0.39 is 11.4 Å². The number of nitrogens with zero attached hydrogens (tertiary/aromatic N) is 2. The van der Waals surface area contributed by atoms with Crippen LogP contribution in [-0.4, -0.2) is 39.5 Å². The zero-order chi connectivity index (χ0) is 16.4. The molecule has 2 aromatic rings. The molecule has 0 aliphatic carbocycles. The van der Waals surface area contributed by atoms with Crippen molar-refractivity contribution in [2.75, 3.05) is 18.4 Å². The fraction of sp³-hybridized carbons (Fsp3) is 0.312. The smallest absolute Gasteiger partial charge is 0.322 e. The predicted octanol–water partition coefficient (Wildman–Crippen LogP) is 3.14. The van der Waals surface area contributed by atoms with E-state index in [0.29, 0.717) is 18.0 Å². The van der Waals surface area contributed by atoms with Gasteiger partial charge in [0.05, 0.1) is 11.1 Å². The molecule has 1 fully saturated rings. The van der Waals surface area contributed by atoms with Gasteiger partial charge in [-0.25, -0.2) is 4.79 Å². The topological polar surface area (TPSA) is 82.5 Å². The van der Waals surface area contributed by atoms with Crippen LogP contribution in [0.15, 0.2) is 36.4 Å². The molecule has 1 atom stereocenters. The lowest BCUT2D eigenvalue weighted by Gasteiger charge is -2.20. The minimum atomic E-state index is -0.864. The van der Waals surface area contributed by atoms with Crippen LogP contribution in [0.3, 0.4) is 0 Å². The minimum absolute atomic E-state index is 0.221. The molecule has 2 amide bonds. The number of carbonyl (C=O) groups is 2. The van der Waals surface area contributed by atoms with Gasteiger partial charge in [-0.15, -0.1) is 0 Å². The fourth-order valence-electron chi connectivity index (χ4n) is 2.57. The van der Waals surface area contributed by atoms with Gasteiger partial charge in [-0.05, 0) is 24.9 Å². The highest BCUT2D eigenvalue weighted by Crippen LogP contribution is 2.31. The van der Waals surface area contributed by atoms with Gasteiger partial charge in [-0.2, -0.15) is 4.37 Å². The number of carboxylic acids is 1. The van der Waals surface area contributed by atoms with Crippen LogP contribution in [0.2, 0.25) is 0 Å². The predicted molar refractivity (Wildman–Crippen MR) is 88.5 cm³/mol. The highest BCUT2D eigenvalue weighted by atomic mass is 32.1. The summed E-state index contributed by atoms with van der Waals surface area (Å²) in [6, 6.07) is 11.3. The van der Waals surface area contributed by atoms with E-state index in [1.165, 1.54) is 16.4 Å². The third-order valence-electron chi connectivity index (χ3n) is 4.09. The van der Waals surface area contributed by atoms with Crippen molar-refractivity contribution in [3.05, 3.63) is 36.4 Å². The number of amides is 2. The maximum atomic E-state index is 12.3. The third-order valence-corrected chi connectivity index (χ3v) is 4.79. The van der Waals surface area contributed by atoms with Crippen molar-refractivity contribution in [1.82, 2.24) is 9.27 Å². The molecule has 0 spiro atoms. The first-order valence-corrected chi connectivity index (χ1v) is 8.07. The van der Waals surface area contributed by atoms with Gasteiger partial charge in [-0.3, -0.25) is 10.1 Å². The van der Waals surface area contributed by atoms with E-state index in [9.17, 15) is 14.7 Å². The molecule has 1 unspecified atom stereocenters. The lowest BCUT2D eigenvalue weighted by atomic mass is 9.90. The molecule has 1 aromatic carbocycles. The standard InChI is InChI=1S/C16H17N3O3S/c1-16(14(20)21)7-8-19(10-16)15(22)17-13-9-12(18-23-13)11-5-3-2-4-6-11/h2-6,9H,7-8,10H2,1H3,(H,17,22)(H,20,21). The van der Waals surface area contributed by atoms with Crippen LogP contribution in [0.5, 0.6) is 0 Å². The van der Waals surface area contributed by atoms with Gasteiger partial charge >= 0.3 is 12.0 Å². The summed E-state index contributed by atoms with van der Waals surface area (Å²) in [4.78, 5) is 25.1. The number of carboxylic acid groups (broad SMARTS) is 1. The summed E-state index contributed by atoms with van der Waals surface area (Å²) in [6.07, 6.45) is 0.466. The third kappa shape index (κ3) is 3.19. The van der Waals surface area contributed by atoms with Gasteiger partial charge < -0.3 is 10.0 Å². The van der Waals surface area contributed by atoms with E-state index >= 15 is 0 Å². The summed E-state index contributed by atoms with van der Waals surface area (Å²) in [5, 5.41) is 12.7. The van der Waals surface area contributed by atoms with Crippen molar-refractivity contribution in [1.29, 1.82) is 0 Å². The highest BCUT2D eigenvalue weighted by Gasteiger charge is 2.42. The van der Waals surface area contributed by atoms with Crippen molar-refractivity contribution in [3.63, 3.8) is 0 Å². The summed E-state index contributed by atoms with van der Waals surface area (Å²) >= 11 is 1.21. The fourth-order valence-corrected chi connectivity index (χ4v) is 3.22. The van der Waals surface area contributed by atoms with Crippen molar-refractivity contribution >= 4 is 28.5 Å². The summed E-state index contributed by atoms with van der Waals surface area (Å²) in [6.45, 7) is 2.33. The molecule has 1 aliphatic heterocycles. The van der Waals surface area contributed by atoms with E-state index in [2.05, 4.69) is 9.69 Å². The second-order valence-electron chi connectivity index (χ2n) is 5.91. The number of rotatable bonds is 3. The summed E-state index contributed by atoms with van der Waals surface area (Å²) in [5.41, 5.74) is 0.937. The second-order valence-corrected chi connectivity index (χ2v) is 6.71. The van der Waals surface area contributed by atoms with Crippen LogP contribution < -0.4 is 5.32 Å². The number of urea groups is 1. The first kappa shape index (κ1) is 15.5. The van der Waals surface area contributed by atoms with Crippen LogP contribution in [-0.2, 0) is 4.79 Å². The van der Waals surface area contributed by atoms with Gasteiger partial charge in [0.15, 0.2) is 0 Å². The van der Waals surface area contributed by atoms with Crippen molar-refractivity contribution in [2.24, 2.45) is 5.41 Å². The van der Waals surface area contributed by atoms with Gasteiger partial charge in [0, 0.05) is 24.7 Å². The van der Waals surface area contributed by atoms with Crippen molar-refractivity contribution in [3.8, 4) is 11.3 Å². The lowest BCUT2D eigenvalue weighted by Crippen LogP contribution is -2.37. The van der Waals surface area contributed by atoms with E-state index in [0.717, 1.165) is 11.3 Å². The van der Waals surface area contributed by atoms with E-state index in [-0.39, 0.29) is 12.6 Å². The number of aliphatic carboxylic acids is 1. The number of anilines is 1. The molecule has 1 saturated heterocycles. The molecular weight excluding hydrogens is 314 g/mol. The van der Waals surface area contributed by atoms with E-state index in [4.69, 9.17) is 0 Å². The molecule has 2 heterocycles. The van der Waals surface area contributed by atoms with Crippen LogP contribution in [0.25, 0.3) is 11.3 Å². The van der Waals surface area contributed by atoms with Crippen LogP contribution in [0.1, 0.15) is 13.3 Å². The van der Waals surface area contributed by atoms with Crippen LogP contribution in [0, 0.1) is 5.41 Å². The molecular formula is C16H17N3O3S. The number of benzene rings is 1. The maximum Gasteiger partial charge on any atom is 0.322 e. The Morgan fingerprint density at radius 1 is 1.35 bits per heavy atom. The molecule has 0 bridgehead atoms. The van der Waals surface area contributed by atoms with Crippen LogP contribution >= 0.6 is 11.5 Å². The van der Waals surface area contributed by atoms with E-state index in [1.807, 2.05) is 36.4 Å². The number of nitrogens with one attached hydrogen (secondary N) is 1. The first-order valence-electron chi connectivity index (χ1n) is 7.29. The Labute approximate surface area is 137 Å². The maximum absolute atomic E-state index is 12.3. The lowest BCUT2D eigenvalue weighted by molar-refractivity contribution is -0.146. The summed E-state index contributed by atoms with van der Waals surface area (Å²) in [7, 11) is 0. The summed E-state index contributed by atoms with van der Waals surface area (Å²) in [5.74, 6) is -0.864. The molecule has 3 rings (SSSR count). The number of aromatic nitrogens is 1. The Morgan fingerprint density at radius 2 is 2.09 bits per heavy atom. The number of hydrogen-bond acceptors (Lipinski definition) is 4. The Bertz CT molecular complexity index is 731. The Kier molecular flexibility index (Phi) is 4.04. The number of likely N-dealkylation sites (tertiary alicyclic amines) is 1. The Hall–Kier alpha value is -2.41. The molecule has 0 saturated carbocycles. The number of hydrogen-bond donors (Lipinski definition) is 2.